The van der Waals surface area contributed by atoms with E-state index in [0.717, 1.165) is 19.5 Å². The van der Waals surface area contributed by atoms with E-state index in [9.17, 15) is 0 Å². The van der Waals surface area contributed by atoms with Crippen LogP contribution in [0.15, 0.2) is 12.4 Å². The Morgan fingerprint density at radius 3 is 2.80 bits per heavy atom. The molecule has 0 aliphatic carbocycles. The minimum Gasteiger partial charge on any atom is -0.355 e. The van der Waals surface area contributed by atoms with Gasteiger partial charge in [0.05, 0.1) is 6.20 Å². The van der Waals surface area contributed by atoms with Gasteiger partial charge in [-0.25, -0.2) is 0 Å². The molecule has 0 aliphatic rings. The highest BCUT2D eigenvalue weighted by Crippen LogP contribution is 1.89. The Balaban J connectivity index is 1.97. The topological polar surface area (TPSA) is 61.2 Å². The number of methoxy groups -OCH3 is 2. The van der Waals surface area contributed by atoms with Crippen molar-refractivity contribution in [2.45, 2.75) is 19.3 Å². The fourth-order valence-electron chi connectivity index (χ4n) is 1.20. The van der Waals surface area contributed by atoms with Gasteiger partial charge in [0.1, 0.15) is 0 Å². The Labute approximate surface area is 89.6 Å². The zero-order valence-corrected chi connectivity index (χ0v) is 9.22. The second kappa shape index (κ2) is 7.33. The van der Waals surface area contributed by atoms with E-state index in [1.165, 1.54) is 0 Å². The van der Waals surface area contributed by atoms with E-state index in [2.05, 4.69) is 15.6 Å². The Kier molecular flexibility index (Phi) is 5.91. The lowest BCUT2D eigenvalue weighted by atomic mass is 10.4. The highest BCUT2D eigenvalue weighted by atomic mass is 16.7. The van der Waals surface area contributed by atoms with Crippen molar-refractivity contribution in [1.82, 2.24) is 20.3 Å². The van der Waals surface area contributed by atoms with Gasteiger partial charge in [0.25, 0.3) is 0 Å². The summed E-state index contributed by atoms with van der Waals surface area (Å²) in [5.74, 6) is 0. The molecular weight excluding hydrogens is 196 g/mol. The van der Waals surface area contributed by atoms with E-state index in [1.807, 2.05) is 10.9 Å². The van der Waals surface area contributed by atoms with Gasteiger partial charge in [-0.1, -0.05) is 5.21 Å². The molecule has 0 aliphatic heterocycles. The Hall–Kier alpha value is -0.980. The maximum Gasteiger partial charge on any atom is 0.169 e. The summed E-state index contributed by atoms with van der Waals surface area (Å²) < 4.78 is 11.9. The smallest absolute Gasteiger partial charge is 0.169 e. The summed E-state index contributed by atoms with van der Waals surface area (Å²) >= 11 is 0. The first-order valence-electron chi connectivity index (χ1n) is 4.97. The van der Waals surface area contributed by atoms with Gasteiger partial charge in [-0.05, 0) is 13.0 Å². The van der Waals surface area contributed by atoms with Gasteiger partial charge in [-0.3, -0.25) is 4.68 Å². The van der Waals surface area contributed by atoms with E-state index in [0.29, 0.717) is 6.54 Å². The van der Waals surface area contributed by atoms with Gasteiger partial charge >= 0.3 is 0 Å². The summed E-state index contributed by atoms with van der Waals surface area (Å²) in [6.07, 6.45) is 4.37. The molecule has 0 amide bonds. The SMILES string of the molecule is COC(CNCCCn1ccnn1)OC. The van der Waals surface area contributed by atoms with Crippen molar-refractivity contribution in [3.05, 3.63) is 12.4 Å². The molecule has 0 unspecified atom stereocenters. The summed E-state index contributed by atoms with van der Waals surface area (Å²) in [6, 6.07) is 0. The molecule has 1 aromatic heterocycles. The molecule has 0 spiro atoms. The number of hydrogen-bond acceptors (Lipinski definition) is 5. The second-order valence-corrected chi connectivity index (χ2v) is 3.12. The molecule has 0 saturated carbocycles. The predicted octanol–water partition coefficient (Wildman–Crippen LogP) is -0.123. The van der Waals surface area contributed by atoms with Gasteiger partial charge in [0, 0.05) is 33.5 Å². The van der Waals surface area contributed by atoms with Crippen LogP contribution >= 0.6 is 0 Å². The average Bonchev–Trinajstić information content (AvgIpc) is 2.76. The second-order valence-electron chi connectivity index (χ2n) is 3.12. The molecule has 15 heavy (non-hydrogen) atoms. The first-order valence-corrected chi connectivity index (χ1v) is 4.97. The Morgan fingerprint density at radius 2 is 2.20 bits per heavy atom. The van der Waals surface area contributed by atoms with Crippen molar-refractivity contribution < 1.29 is 9.47 Å². The van der Waals surface area contributed by atoms with Crippen molar-refractivity contribution in [1.29, 1.82) is 0 Å². The summed E-state index contributed by atoms with van der Waals surface area (Å²) in [6.45, 7) is 2.48. The molecule has 6 nitrogen and oxygen atoms in total. The Bertz CT molecular complexity index is 236. The number of rotatable bonds is 8. The van der Waals surface area contributed by atoms with Crippen LogP contribution in [0.4, 0.5) is 0 Å². The van der Waals surface area contributed by atoms with E-state index < -0.39 is 0 Å². The van der Waals surface area contributed by atoms with Crippen LogP contribution in [-0.4, -0.2) is 48.6 Å². The summed E-state index contributed by atoms with van der Waals surface area (Å²) in [5, 5.41) is 10.8. The first-order chi connectivity index (χ1) is 7.36. The summed E-state index contributed by atoms with van der Waals surface area (Å²) in [4.78, 5) is 0. The molecule has 0 aromatic carbocycles. The van der Waals surface area contributed by atoms with Gasteiger partial charge in [-0.2, -0.15) is 0 Å². The third-order valence-electron chi connectivity index (χ3n) is 2.05. The van der Waals surface area contributed by atoms with Crippen LogP contribution in [-0.2, 0) is 16.0 Å². The lowest BCUT2D eigenvalue weighted by Crippen LogP contribution is -2.30. The molecule has 0 saturated heterocycles. The van der Waals surface area contributed by atoms with Crippen LogP contribution in [0.3, 0.4) is 0 Å². The molecule has 0 radical (unpaired) electrons. The molecule has 1 rings (SSSR count). The lowest BCUT2D eigenvalue weighted by Gasteiger charge is -2.13. The van der Waals surface area contributed by atoms with Crippen LogP contribution in [0.2, 0.25) is 0 Å². The molecule has 0 atom stereocenters. The molecule has 1 N–H and O–H groups in total. The maximum atomic E-state index is 5.04. The zero-order chi connectivity index (χ0) is 10.9. The highest BCUT2D eigenvalue weighted by molar-refractivity contribution is 4.64. The molecule has 1 heterocycles. The quantitative estimate of drug-likeness (QED) is 0.483. The summed E-state index contributed by atoms with van der Waals surface area (Å²) in [7, 11) is 3.26. The number of nitrogens with one attached hydrogen (secondary N) is 1. The monoisotopic (exact) mass is 214 g/mol. The van der Waals surface area contributed by atoms with Crippen LogP contribution < -0.4 is 5.32 Å². The van der Waals surface area contributed by atoms with Crippen LogP contribution in [0.1, 0.15) is 6.42 Å². The number of nitrogens with zero attached hydrogens (tertiary/aromatic N) is 3. The average molecular weight is 214 g/mol. The fraction of sp³-hybridized carbons (Fsp3) is 0.778. The van der Waals surface area contributed by atoms with Crippen molar-refractivity contribution in [2.75, 3.05) is 27.3 Å². The molecule has 0 bridgehead atoms. The van der Waals surface area contributed by atoms with Crippen LogP contribution in [0.25, 0.3) is 0 Å². The molecule has 0 fully saturated rings. The van der Waals surface area contributed by atoms with E-state index in [4.69, 9.17) is 9.47 Å². The number of aryl methyl sites for hydroxylation is 1. The third kappa shape index (κ3) is 4.87. The minimum atomic E-state index is -0.170. The Morgan fingerprint density at radius 1 is 1.40 bits per heavy atom. The highest BCUT2D eigenvalue weighted by Gasteiger charge is 2.02. The van der Waals surface area contributed by atoms with E-state index in [1.54, 1.807) is 20.4 Å². The number of hydrogen-bond donors (Lipinski definition) is 1. The van der Waals surface area contributed by atoms with Gasteiger partial charge in [0.2, 0.25) is 0 Å². The van der Waals surface area contributed by atoms with Crippen molar-refractivity contribution in [3.8, 4) is 0 Å². The number of ether oxygens (including phenoxy) is 2. The van der Waals surface area contributed by atoms with Crippen molar-refractivity contribution in [3.63, 3.8) is 0 Å². The normalized spacial score (nSPS) is 11.1. The summed E-state index contributed by atoms with van der Waals surface area (Å²) in [5.41, 5.74) is 0. The van der Waals surface area contributed by atoms with Gasteiger partial charge in [-0.15, -0.1) is 5.10 Å². The molecule has 6 heteroatoms. The molecule has 86 valence electrons. The largest absolute Gasteiger partial charge is 0.355 e. The minimum absolute atomic E-state index is 0.170. The lowest BCUT2D eigenvalue weighted by molar-refractivity contribution is -0.0986. The third-order valence-corrected chi connectivity index (χ3v) is 2.05. The van der Waals surface area contributed by atoms with Gasteiger partial charge in [0.15, 0.2) is 6.29 Å². The van der Waals surface area contributed by atoms with E-state index >= 15 is 0 Å². The van der Waals surface area contributed by atoms with Crippen molar-refractivity contribution >= 4 is 0 Å². The van der Waals surface area contributed by atoms with E-state index in [-0.39, 0.29) is 6.29 Å². The first kappa shape index (κ1) is 12.1. The van der Waals surface area contributed by atoms with Crippen LogP contribution in [0.5, 0.6) is 0 Å². The number of aromatic nitrogens is 3. The van der Waals surface area contributed by atoms with Crippen LogP contribution in [0, 0.1) is 0 Å². The fourth-order valence-corrected chi connectivity index (χ4v) is 1.20. The zero-order valence-electron chi connectivity index (χ0n) is 9.22. The van der Waals surface area contributed by atoms with Gasteiger partial charge < -0.3 is 14.8 Å². The molecular formula is C9H18N4O2. The maximum absolute atomic E-state index is 5.04. The standard InChI is InChI=1S/C9H18N4O2/c1-14-9(15-2)8-10-4-3-6-13-7-5-11-12-13/h5,7,9-10H,3-4,6,8H2,1-2H3. The molecule has 1 aromatic rings. The predicted molar refractivity (Wildman–Crippen MR) is 55.3 cm³/mol. The van der Waals surface area contributed by atoms with Crippen molar-refractivity contribution in [2.24, 2.45) is 0 Å².